The summed E-state index contributed by atoms with van der Waals surface area (Å²) in [6.07, 6.45) is 1.55. The molecule has 10 nitrogen and oxygen atoms in total. The highest BCUT2D eigenvalue weighted by Crippen LogP contribution is 2.19. The van der Waals surface area contributed by atoms with Gasteiger partial charge in [-0.2, -0.15) is 15.1 Å². The van der Waals surface area contributed by atoms with E-state index in [0.717, 1.165) is 0 Å². The van der Waals surface area contributed by atoms with E-state index in [4.69, 9.17) is 5.84 Å². The summed E-state index contributed by atoms with van der Waals surface area (Å²) in [6, 6.07) is 0. The number of aromatic nitrogens is 4. The van der Waals surface area contributed by atoms with Crippen LogP contribution in [0.4, 0.5) is 11.8 Å². The van der Waals surface area contributed by atoms with Crippen LogP contribution in [-0.4, -0.2) is 59.3 Å². The first-order valence-corrected chi connectivity index (χ1v) is 7.37. The molecule has 5 N–H and O–H groups in total. The number of nitrogens with two attached hydrogens (primary N) is 1. The molecule has 2 aromatic heterocycles. The molecule has 2 heterocycles. The molecule has 0 amide bonds. The lowest BCUT2D eigenvalue weighted by Gasteiger charge is -2.12. The summed E-state index contributed by atoms with van der Waals surface area (Å²) in [5.41, 5.74) is 2.84. The zero-order valence-corrected chi connectivity index (χ0v) is 11.9. The lowest BCUT2D eigenvalue weighted by molar-refractivity contribution is 0.521. The molecule has 2 aromatic rings. The van der Waals surface area contributed by atoms with E-state index >= 15 is 0 Å². The Labute approximate surface area is 115 Å². The Balaban J connectivity index is 2.15. The average molecular weight is 300 g/mol. The van der Waals surface area contributed by atoms with Crippen molar-refractivity contribution in [3.8, 4) is 0 Å². The van der Waals surface area contributed by atoms with Gasteiger partial charge in [0, 0.05) is 20.6 Å². The number of nitrogens with one attached hydrogen (secondary N) is 3. The van der Waals surface area contributed by atoms with Crippen molar-refractivity contribution in [3.05, 3.63) is 6.20 Å². The van der Waals surface area contributed by atoms with Crippen LogP contribution in [-0.2, 0) is 10.0 Å². The Morgan fingerprint density at radius 1 is 1.40 bits per heavy atom. The lowest BCUT2D eigenvalue weighted by Crippen LogP contribution is -2.28. The molecule has 0 unspecified atom stereocenters. The van der Waals surface area contributed by atoms with Crippen LogP contribution >= 0.6 is 0 Å². The minimum Gasteiger partial charge on any atom is -0.368 e. The molecule has 0 saturated heterocycles. The molecule has 0 aliphatic carbocycles. The number of rotatable bonds is 6. The highest BCUT2D eigenvalue weighted by atomic mass is 32.2. The maximum Gasteiger partial charge on any atom is 0.241 e. The number of sulfonamides is 1. The third-order valence-corrected chi connectivity index (χ3v) is 4.48. The molecular formula is C9H16N8O2S. The second-order valence-electron chi connectivity index (χ2n) is 4.20. The predicted molar refractivity (Wildman–Crippen MR) is 75.5 cm³/mol. The molecule has 110 valence electrons. The van der Waals surface area contributed by atoms with E-state index in [1.54, 1.807) is 6.20 Å². The zero-order valence-electron chi connectivity index (χ0n) is 11.1. The van der Waals surface area contributed by atoms with E-state index in [1.807, 2.05) is 0 Å². The van der Waals surface area contributed by atoms with Gasteiger partial charge in [0.15, 0.2) is 5.65 Å². The minimum absolute atomic E-state index is 0.0469. The second-order valence-corrected chi connectivity index (χ2v) is 6.50. The molecule has 0 aliphatic heterocycles. The number of anilines is 2. The van der Waals surface area contributed by atoms with Crippen molar-refractivity contribution in [2.75, 3.05) is 37.1 Å². The van der Waals surface area contributed by atoms with Crippen LogP contribution in [0.25, 0.3) is 11.0 Å². The Kier molecular flexibility index (Phi) is 4.01. The van der Waals surface area contributed by atoms with Crippen molar-refractivity contribution in [3.63, 3.8) is 0 Å². The maximum absolute atomic E-state index is 11.7. The molecule has 11 heteroatoms. The molecule has 0 aromatic carbocycles. The molecule has 0 atom stereocenters. The van der Waals surface area contributed by atoms with E-state index in [-0.39, 0.29) is 18.2 Å². The number of nitrogen functional groups attached to an aromatic ring is 1. The van der Waals surface area contributed by atoms with Gasteiger partial charge in [-0.15, -0.1) is 0 Å². The Morgan fingerprint density at radius 2 is 2.15 bits per heavy atom. The molecule has 0 saturated carbocycles. The minimum atomic E-state index is -3.26. The molecule has 0 radical (unpaired) electrons. The SMILES string of the molecule is CN(C)S(=O)(=O)CCNc1nc(NN)nc2[nH]ncc12. The standard InChI is InChI=1S/C9H16N8O2S/c1-17(2)20(18,19)4-3-11-7-6-5-12-16-8(6)14-9(13-7)15-10/h5H,3-4,10H2,1-2H3,(H3,11,12,13,14,15,16). The van der Waals surface area contributed by atoms with Gasteiger partial charge in [-0.25, -0.2) is 18.6 Å². The van der Waals surface area contributed by atoms with Crippen LogP contribution in [0.2, 0.25) is 0 Å². The third-order valence-electron chi connectivity index (χ3n) is 2.65. The number of hydrogen-bond donors (Lipinski definition) is 4. The van der Waals surface area contributed by atoms with Gasteiger partial charge in [-0.1, -0.05) is 0 Å². The Morgan fingerprint density at radius 3 is 2.80 bits per heavy atom. The van der Waals surface area contributed by atoms with Gasteiger partial charge < -0.3 is 5.32 Å². The van der Waals surface area contributed by atoms with Gasteiger partial charge in [0.1, 0.15) is 5.82 Å². The topological polar surface area (TPSA) is 142 Å². The summed E-state index contributed by atoms with van der Waals surface area (Å²) >= 11 is 0. The molecule has 20 heavy (non-hydrogen) atoms. The van der Waals surface area contributed by atoms with Gasteiger partial charge >= 0.3 is 0 Å². The normalized spacial score (nSPS) is 12.0. The van der Waals surface area contributed by atoms with E-state index < -0.39 is 10.0 Å². The highest BCUT2D eigenvalue weighted by Gasteiger charge is 2.14. The maximum atomic E-state index is 11.7. The van der Waals surface area contributed by atoms with Gasteiger partial charge in [0.2, 0.25) is 16.0 Å². The first-order valence-electron chi connectivity index (χ1n) is 5.76. The lowest BCUT2D eigenvalue weighted by atomic mass is 10.4. The van der Waals surface area contributed by atoms with Crippen LogP contribution in [0.3, 0.4) is 0 Å². The van der Waals surface area contributed by atoms with E-state index in [9.17, 15) is 8.42 Å². The van der Waals surface area contributed by atoms with E-state index in [2.05, 4.69) is 30.9 Å². The first-order chi connectivity index (χ1) is 9.44. The number of hydrazine groups is 1. The monoisotopic (exact) mass is 300 g/mol. The molecular weight excluding hydrogens is 284 g/mol. The summed E-state index contributed by atoms with van der Waals surface area (Å²) < 4.78 is 24.5. The number of nitrogens with zero attached hydrogens (tertiary/aromatic N) is 4. The van der Waals surface area contributed by atoms with E-state index in [1.165, 1.54) is 18.4 Å². The van der Waals surface area contributed by atoms with Crippen molar-refractivity contribution >= 4 is 32.8 Å². The van der Waals surface area contributed by atoms with Crippen LogP contribution in [0.5, 0.6) is 0 Å². The smallest absolute Gasteiger partial charge is 0.241 e. The number of fused-ring (bicyclic) bond motifs is 1. The summed E-state index contributed by atoms with van der Waals surface area (Å²) in [4.78, 5) is 8.20. The number of hydrogen-bond acceptors (Lipinski definition) is 8. The fourth-order valence-corrected chi connectivity index (χ4v) is 2.24. The second kappa shape index (κ2) is 5.56. The zero-order chi connectivity index (χ0) is 14.8. The van der Waals surface area contributed by atoms with Gasteiger partial charge in [-0.05, 0) is 0 Å². The average Bonchev–Trinajstić information content (AvgIpc) is 2.86. The molecule has 0 aliphatic rings. The highest BCUT2D eigenvalue weighted by molar-refractivity contribution is 7.89. The summed E-state index contributed by atoms with van der Waals surface area (Å²) in [7, 11) is -0.279. The molecule has 0 fully saturated rings. The largest absolute Gasteiger partial charge is 0.368 e. The predicted octanol–water partition coefficient (Wildman–Crippen LogP) is -1.06. The fourth-order valence-electron chi connectivity index (χ4n) is 1.52. The van der Waals surface area contributed by atoms with Crippen LogP contribution in [0.1, 0.15) is 0 Å². The van der Waals surface area contributed by atoms with Gasteiger partial charge in [-0.3, -0.25) is 10.5 Å². The van der Waals surface area contributed by atoms with Crippen molar-refractivity contribution < 1.29 is 8.42 Å². The molecule has 0 bridgehead atoms. The van der Waals surface area contributed by atoms with E-state index in [0.29, 0.717) is 16.9 Å². The van der Waals surface area contributed by atoms with Crippen molar-refractivity contribution in [2.24, 2.45) is 5.84 Å². The van der Waals surface area contributed by atoms with Crippen molar-refractivity contribution in [2.45, 2.75) is 0 Å². The van der Waals surface area contributed by atoms with Crippen LogP contribution < -0.4 is 16.6 Å². The number of H-pyrrole nitrogens is 1. The fraction of sp³-hybridized carbons (Fsp3) is 0.444. The van der Waals surface area contributed by atoms with Crippen LogP contribution in [0, 0.1) is 0 Å². The summed E-state index contributed by atoms with van der Waals surface area (Å²) in [5.74, 6) is 5.90. The first kappa shape index (κ1) is 14.4. The molecule has 0 spiro atoms. The number of aromatic amines is 1. The van der Waals surface area contributed by atoms with Gasteiger partial charge in [0.25, 0.3) is 0 Å². The van der Waals surface area contributed by atoms with Gasteiger partial charge in [0.05, 0.1) is 17.3 Å². The van der Waals surface area contributed by atoms with Crippen LogP contribution in [0.15, 0.2) is 6.20 Å². The third kappa shape index (κ3) is 2.95. The van der Waals surface area contributed by atoms with Crippen molar-refractivity contribution in [1.29, 1.82) is 0 Å². The summed E-state index contributed by atoms with van der Waals surface area (Å²) in [6.45, 7) is 0.210. The van der Waals surface area contributed by atoms with Crippen molar-refractivity contribution in [1.82, 2.24) is 24.5 Å². The Bertz CT molecular complexity index is 695. The quantitative estimate of drug-likeness (QED) is 0.391. The Hall–Kier alpha value is -1.98. The summed E-state index contributed by atoms with van der Waals surface area (Å²) in [5, 5.41) is 10.2. The molecule has 2 rings (SSSR count).